The Hall–Kier alpha value is -3.18. The van der Waals surface area contributed by atoms with Crippen LogP contribution in [-0.2, 0) is 0 Å². The van der Waals surface area contributed by atoms with Crippen molar-refractivity contribution >= 4 is 34.2 Å². The van der Waals surface area contributed by atoms with Gasteiger partial charge in [0.2, 0.25) is 0 Å². The smallest absolute Gasteiger partial charge is 0.258 e. The number of carbonyl (C=O) groups excluding carboxylic acids is 1. The zero-order valence-electron chi connectivity index (χ0n) is 13.1. The van der Waals surface area contributed by atoms with Gasteiger partial charge >= 0.3 is 0 Å². The second-order valence-electron chi connectivity index (χ2n) is 5.44. The standard InChI is InChI=1S/C19H13ClN4O/c20-15-7-3-2-6-14(15)19(25)23-17-11-18(22-12-21-17)24-10-9-13-5-1-4-8-16(13)24/h1-12H,(H,21,22,23,25). The Morgan fingerprint density at radius 2 is 1.80 bits per heavy atom. The lowest BCUT2D eigenvalue weighted by Gasteiger charge is -2.08. The highest BCUT2D eigenvalue weighted by Crippen LogP contribution is 2.21. The lowest BCUT2D eigenvalue weighted by atomic mass is 10.2. The molecule has 0 saturated carbocycles. The van der Waals surface area contributed by atoms with E-state index in [2.05, 4.69) is 15.3 Å². The summed E-state index contributed by atoms with van der Waals surface area (Å²) in [6.07, 6.45) is 3.36. The molecule has 0 aliphatic heterocycles. The molecular formula is C19H13ClN4O. The molecule has 1 N–H and O–H groups in total. The summed E-state index contributed by atoms with van der Waals surface area (Å²) in [7, 11) is 0. The third kappa shape index (κ3) is 2.97. The highest BCUT2D eigenvalue weighted by atomic mass is 35.5. The first-order valence-corrected chi connectivity index (χ1v) is 8.04. The molecule has 2 aromatic heterocycles. The summed E-state index contributed by atoms with van der Waals surface area (Å²) in [4.78, 5) is 20.8. The van der Waals surface area contributed by atoms with Gasteiger partial charge in [0.25, 0.3) is 5.91 Å². The van der Waals surface area contributed by atoms with Crippen LogP contribution in [-0.4, -0.2) is 20.4 Å². The van der Waals surface area contributed by atoms with E-state index in [1.54, 1.807) is 30.3 Å². The van der Waals surface area contributed by atoms with Crippen LogP contribution in [0.5, 0.6) is 0 Å². The van der Waals surface area contributed by atoms with E-state index in [0.717, 1.165) is 10.9 Å². The van der Waals surface area contributed by atoms with Gasteiger partial charge in [0.15, 0.2) is 0 Å². The van der Waals surface area contributed by atoms with Crippen LogP contribution in [0.4, 0.5) is 5.82 Å². The number of halogens is 1. The monoisotopic (exact) mass is 348 g/mol. The van der Waals surface area contributed by atoms with Gasteiger partial charge in [0, 0.05) is 12.3 Å². The SMILES string of the molecule is O=C(Nc1cc(-n2ccc3ccccc32)ncn1)c1ccccc1Cl. The Labute approximate surface area is 148 Å². The Kier molecular flexibility index (Phi) is 3.91. The van der Waals surface area contributed by atoms with E-state index in [9.17, 15) is 4.79 Å². The van der Waals surface area contributed by atoms with Gasteiger partial charge in [-0.3, -0.25) is 4.79 Å². The van der Waals surface area contributed by atoms with Crippen molar-refractivity contribution in [3.05, 3.63) is 83.8 Å². The van der Waals surface area contributed by atoms with Crippen LogP contribution in [0.1, 0.15) is 10.4 Å². The van der Waals surface area contributed by atoms with Gasteiger partial charge in [-0.05, 0) is 29.7 Å². The van der Waals surface area contributed by atoms with Crippen molar-refractivity contribution in [2.45, 2.75) is 0 Å². The molecule has 0 radical (unpaired) electrons. The topological polar surface area (TPSA) is 59.8 Å². The number of nitrogens with one attached hydrogen (secondary N) is 1. The van der Waals surface area contributed by atoms with Crippen LogP contribution in [0.25, 0.3) is 16.7 Å². The molecule has 6 heteroatoms. The van der Waals surface area contributed by atoms with E-state index < -0.39 is 0 Å². The zero-order valence-corrected chi connectivity index (χ0v) is 13.8. The third-order valence-electron chi connectivity index (χ3n) is 3.86. The summed E-state index contributed by atoms with van der Waals surface area (Å²) in [6, 6.07) is 18.6. The fourth-order valence-corrected chi connectivity index (χ4v) is 2.88. The van der Waals surface area contributed by atoms with Gasteiger partial charge < -0.3 is 9.88 Å². The van der Waals surface area contributed by atoms with Crippen LogP contribution < -0.4 is 5.32 Å². The molecule has 0 saturated heterocycles. The van der Waals surface area contributed by atoms with E-state index in [1.165, 1.54) is 6.33 Å². The van der Waals surface area contributed by atoms with Crippen molar-refractivity contribution in [1.29, 1.82) is 0 Å². The lowest BCUT2D eigenvalue weighted by Crippen LogP contribution is -2.14. The molecule has 0 aliphatic rings. The number of hydrogen-bond acceptors (Lipinski definition) is 3. The van der Waals surface area contributed by atoms with Gasteiger partial charge in [-0.15, -0.1) is 0 Å². The predicted molar refractivity (Wildman–Crippen MR) is 98.3 cm³/mol. The number of fused-ring (bicyclic) bond motifs is 1. The van der Waals surface area contributed by atoms with Gasteiger partial charge in [0.05, 0.1) is 16.1 Å². The first-order valence-electron chi connectivity index (χ1n) is 7.67. The second kappa shape index (κ2) is 6.37. The maximum absolute atomic E-state index is 12.4. The molecule has 122 valence electrons. The minimum absolute atomic E-state index is 0.312. The number of nitrogens with zero attached hydrogens (tertiary/aromatic N) is 3. The quantitative estimate of drug-likeness (QED) is 0.599. The molecule has 0 atom stereocenters. The third-order valence-corrected chi connectivity index (χ3v) is 4.19. The van der Waals surface area contributed by atoms with Crippen LogP contribution in [0.2, 0.25) is 5.02 Å². The van der Waals surface area contributed by atoms with Crippen molar-refractivity contribution in [1.82, 2.24) is 14.5 Å². The average Bonchev–Trinajstić information content (AvgIpc) is 3.06. The van der Waals surface area contributed by atoms with Gasteiger partial charge in [0.1, 0.15) is 18.0 Å². The van der Waals surface area contributed by atoms with Crippen LogP contribution in [0.15, 0.2) is 73.2 Å². The summed E-state index contributed by atoms with van der Waals surface area (Å²) < 4.78 is 1.95. The summed E-state index contributed by atoms with van der Waals surface area (Å²) in [5.74, 6) is 0.769. The largest absolute Gasteiger partial charge is 0.306 e. The molecule has 2 aromatic carbocycles. The highest BCUT2D eigenvalue weighted by Gasteiger charge is 2.11. The van der Waals surface area contributed by atoms with Gasteiger partial charge in [-0.25, -0.2) is 9.97 Å². The van der Waals surface area contributed by atoms with Crippen molar-refractivity contribution in [3.63, 3.8) is 0 Å². The predicted octanol–water partition coefficient (Wildman–Crippen LogP) is 4.33. The number of hydrogen-bond donors (Lipinski definition) is 1. The van der Waals surface area contributed by atoms with Crippen LogP contribution >= 0.6 is 11.6 Å². The average molecular weight is 349 g/mol. The minimum atomic E-state index is -0.312. The summed E-state index contributed by atoms with van der Waals surface area (Å²) >= 11 is 6.07. The number of anilines is 1. The number of aromatic nitrogens is 3. The van der Waals surface area contributed by atoms with Crippen molar-refractivity contribution < 1.29 is 4.79 Å². The van der Waals surface area contributed by atoms with Crippen molar-refractivity contribution in [3.8, 4) is 5.82 Å². The lowest BCUT2D eigenvalue weighted by molar-refractivity contribution is 0.102. The Morgan fingerprint density at radius 1 is 1.00 bits per heavy atom. The summed E-state index contributed by atoms with van der Waals surface area (Å²) in [5.41, 5.74) is 1.43. The highest BCUT2D eigenvalue weighted by molar-refractivity contribution is 6.34. The van der Waals surface area contributed by atoms with Crippen LogP contribution in [0.3, 0.4) is 0 Å². The van der Waals surface area contributed by atoms with E-state index in [1.807, 2.05) is 41.1 Å². The molecule has 5 nitrogen and oxygen atoms in total. The number of benzene rings is 2. The maximum Gasteiger partial charge on any atom is 0.258 e. The van der Waals surface area contributed by atoms with Gasteiger partial charge in [-0.2, -0.15) is 0 Å². The normalized spacial score (nSPS) is 10.8. The molecule has 0 unspecified atom stereocenters. The van der Waals surface area contributed by atoms with Crippen molar-refractivity contribution in [2.75, 3.05) is 5.32 Å². The van der Waals surface area contributed by atoms with E-state index in [4.69, 9.17) is 11.6 Å². The number of amides is 1. The first-order chi connectivity index (χ1) is 12.2. The molecule has 1 amide bonds. The summed E-state index contributed by atoms with van der Waals surface area (Å²) in [6.45, 7) is 0. The molecule has 0 aliphatic carbocycles. The molecule has 4 aromatic rings. The number of carbonyl (C=O) groups is 1. The second-order valence-corrected chi connectivity index (χ2v) is 5.85. The van der Waals surface area contributed by atoms with Crippen LogP contribution in [0, 0.1) is 0 Å². The number of para-hydroxylation sites is 1. The molecule has 0 spiro atoms. The first kappa shape index (κ1) is 15.4. The molecule has 0 fully saturated rings. The molecule has 2 heterocycles. The molecule has 4 rings (SSSR count). The fraction of sp³-hybridized carbons (Fsp3) is 0. The Bertz CT molecular complexity index is 1070. The molecule has 25 heavy (non-hydrogen) atoms. The fourth-order valence-electron chi connectivity index (χ4n) is 2.66. The molecular weight excluding hydrogens is 336 g/mol. The van der Waals surface area contributed by atoms with E-state index in [-0.39, 0.29) is 5.91 Å². The Morgan fingerprint density at radius 3 is 2.68 bits per heavy atom. The number of rotatable bonds is 3. The van der Waals surface area contributed by atoms with E-state index >= 15 is 0 Å². The summed E-state index contributed by atoms with van der Waals surface area (Å²) in [5, 5.41) is 4.27. The minimum Gasteiger partial charge on any atom is -0.306 e. The van der Waals surface area contributed by atoms with Crippen molar-refractivity contribution in [2.24, 2.45) is 0 Å². The molecule has 0 bridgehead atoms. The maximum atomic E-state index is 12.4. The zero-order chi connectivity index (χ0) is 17.2. The van der Waals surface area contributed by atoms with E-state index in [0.29, 0.717) is 22.2 Å². The Balaban J connectivity index is 1.66. The van der Waals surface area contributed by atoms with Gasteiger partial charge in [-0.1, -0.05) is 41.9 Å².